The number of amides is 8. The standard InChI is InChI=1S/C18H19N5O2.C17H18N4O4.C17H20N4O2.C14H11FN2O3.C13H9FN2O3.C7H5ClO.C6H5FN2O2/c1-22(17(25)12-5-3-2-4-6-12)13-7-8-15-14(11-13)21-18(20)23(15)10-9-16(19)24;1-20(17(23)12-5-3-2-4-6-12)13-7-8-14(15(11-13)21(24)25)19-10-9-16(18)22;1-21(17(23)12-5-3-2-4-6-12)13-7-8-15(14(18)11-13)20-10-9-16(19)22;1-16(14(18)10-5-3-2-4-6-10)11-7-8-12(15)13(9-11)17(19)20;14-11-7-6-10(8-12(11)16(18)19)15-13(17)9-4-2-1-3-5-9;8-7(9)6-4-2-1-3-5-6;7-5-2-1-4(8)3-6(5)9(10)11/h2-8,11H,9-10H2,1H3,(H2,19,24)(H2,20,21);2-8,11,19H,9-10H2,1H3,(H2,18,22);2-8,11,20H,9-10,18H2,1H3,(H2,19,22);2-9H,1H3;1-8H,(H,15,17);1-5H;1-3H,8H2. The number of hydrogen-bond acceptors (Lipinski definition) is 23. The number of anilines is 10. The van der Waals surface area contributed by atoms with Crippen molar-refractivity contribution in [2.45, 2.75) is 25.8 Å². The Morgan fingerprint density at radius 3 is 1.08 bits per heavy atom. The van der Waals surface area contributed by atoms with E-state index in [1.165, 1.54) is 47.2 Å². The minimum absolute atomic E-state index is 0.0608. The van der Waals surface area contributed by atoms with Gasteiger partial charge in [-0.15, -0.1) is 0 Å². The number of carbonyl (C=O) groups is 9. The van der Waals surface area contributed by atoms with Crippen molar-refractivity contribution in [3.63, 3.8) is 0 Å². The van der Waals surface area contributed by atoms with Crippen LogP contribution >= 0.6 is 11.6 Å². The van der Waals surface area contributed by atoms with E-state index < -0.39 is 77.2 Å². The normalized spacial score (nSPS) is 10.1. The van der Waals surface area contributed by atoms with E-state index in [-0.39, 0.29) is 83.8 Å². The molecule has 1 heterocycles. The molecule has 132 heavy (non-hydrogen) atoms. The first-order valence-corrected chi connectivity index (χ1v) is 39.5. The van der Waals surface area contributed by atoms with Gasteiger partial charge in [-0.25, -0.2) is 4.98 Å². The zero-order valence-electron chi connectivity index (χ0n) is 70.8. The van der Waals surface area contributed by atoms with Crippen LogP contribution in [0, 0.1) is 57.9 Å². The number of hydrogen-bond donors (Lipinski definition) is 9. The highest BCUT2D eigenvalue weighted by molar-refractivity contribution is 6.67. The zero-order valence-corrected chi connectivity index (χ0v) is 71.6. The fourth-order valence-electron chi connectivity index (χ4n) is 11.6. The maximum Gasteiger partial charge on any atom is 0.306 e. The SMILES string of the molecule is CN(C(=O)c1ccccc1)c1ccc(F)c([N+](=O)[O-])c1.CN(C(=O)c1ccccc1)c1ccc(NCCC(N)=O)c(N)c1.CN(C(=O)c1ccccc1)c1ccc(NCCC(N)=O)c([N+](=O)[O-])c1.CN(C(=O)c1ccccc1)c1ccc2c(c1)nc(N)n2CCC(N)=O.Nc1ccc(F)c([N+](=O)[O-])c1.O=C(Cl)c1ccccc1.O=C(Nc1ccc(F)c([N+](=O)[O-])c1)c1ccccc1. The number of rotatable bonds is 26. The molecule has 0 unspecified atom stereocenters. The van der Waals surface area contributed by atoms with Crippen molar-refractivity contribution in [1.29, 1.82) is 0 Å². The molecule has 0 aliphatic heterocycles. The highest BCUT2D eigenvalue weighted by Crippen LogP contribution is 2.33. The van der Waals surface area contributed by atoms with Crippen molar-refractivity contribution in [1.82, 2.24) is 9.55 Å². The smallest absolute Gasteiger partial charge is 0.306 e. The molecule has 0 atom stereocenters. The highest BCUT2D eigenvalue weighted by atomic mass is 35.5. The predicted octanol–water partition coefficient (Wildman–Crippen LogP) is 15.1. The summed E-state index contributed by atoms with van der Waals surface area (Å²) in [5, 5.41) is 50.6. The minimum Gasteiger partial charge on any atom is -0.399 e. The van der Waals surface area contributed by atoms with Gasteiger partial charge in [0, 0.05) is 147 Å². The Balaban J connectivity index is 0.000000215. The van der Waals surface area contributed by atoms with Crippen molar-refractivity contribution < 1.29 is 76.0 Å². The number of primary amides is 3. The largest absolute Gasteiger partial charge is 0.399 e. The van der Waals surface area contributed by atoms with Crippen LogP contribution in [0.1, 0.15) is 81.4 Å². The van der Waals surface area contributed by atoms with Gasteiger partial charge < -0.3 is 74.5 Å². The molecular formula is C92H87ClF3N19O17. The van der Waals surface area contributed by atoms with Crippen molar-refractivity contribution in [2.75, 3.05) is 94.0 Å². The Bertz CT molecular complexity index is 6290. The summed E-state index contributed by atoms with van der Waals surface area (Å²) in [4.78, 5) is 154. The van der Waals surface area contributed by atoms with Crippen LogP contribution in [-0.4, -0.2) is 123 Å². The third-order valence-electron chi connectivity index (χ3n) is 18.5. The number of benzene rings is 12. The van der Waals surface area contributed by atoms with Crippen LogP contribution in [0.2, 0.25) is 0 Å². The molecule has 13 rings (SSSR count). The molecular weight excluding hydrogens is 1740 g/mol. The predicted molar refractivity (Wildman–Crippen MR) is 498 cm³/mol. The van der Waals surface area contributed by atoms with Gasteiger partial charge in [0.05, 0.1) is 53.5 Å². The summed E-state index contributed by atoms with van der Waals surface area (Å²) < 4.78 is 40.7. The van der Waals surface area contributed by atoms with Crippen LogP contribution < -0.4 is 70.0 Å². The molecule has 13 aromatic rings. The Hall–Kier alpha value is -17.8. The Morgan fingerprint density at radius 1 is 0.379 bits per heavy atom. The van der Waals surface area contributed by atoms with Crippen LogP contribution in [0.5, 0.6) is 0 Å². The fraction of sp³-hybridized carbons (Fsp3) is 0.109. The van der Waals surface area contributed by atoms with E-state index in [4.69, 9.17) is 46.0 Å². The summed E-state index contributed by atoms with van der Waals surface area (Å²) in [6.45, 7) is 0.974. The molecule has 0 fully saturated rings. The topological polar surface area (TPSA) is 549 Å². The van der Waals surface area contributed by atoms with E-state index in [0.717, 1.165) is 41.9 Å². The zero-order chi connectivity index (χ0) is 96.8. The van der Waals surface area contributed by atoms with Gasteiger partial charge in [-0.05, 0) is 157 Å². The molecule has 0 radical (unpaired) electrons. The lowest BCUT2D eigenvalue weighted by Crippen LogP contribution is -2.26. The van der Waals surface area contributed by atoms with Crippen molar-refractivity contribution in [3.8, 4) is 0 Å². The summed E-state index contributed by atoms with van der Waals surface area (Å²) in [6, 6.07) is 77.2. The number of nitrogen functional groups attached to an aromatic ring is 3. The van der Waals surface area contributed by atoms with Gasteiger partial charge in [0.15, 0.2) is 0 Å². The number of carbonyl (C=O) groups excluding carboxylic acids is 9. The third kappa shape index (κ3) is 30.5. The second kappa shape index (κ2) is 49.8. The Kier molecular flexibility index (Phi) is 38.2. The number of aromatic nitrogens is 2. The average molecular weight is 1820 g/mol. The molecule has 36 nitrogen and oxygen atoms in total. The molecule has 0 saturated carbocycles. The summed E-state index contributed by atoms with van der Waals surface area (Å²) in [7, 11) is 6.44. The van der Waals surface area contributed by atoms with Gasteiger partial charge in [-0.2, -0.15) is 13.2 Å². The first kappa shape index (κ1) is 101. The molecule has 40 heteroatoms. The lowest BCUT2D eigenvalue weighted by molar-refractivity contribution is -0.387. The number of nitro benzene ring substituents is 4. The second-order valence-electron chi connectivity index (χ2n) is 27.7. The first-order chi connectivity index (χ1) is 62.8. The number of halogens is 4. The van der Waals surface area contributed by atoms with Gasteiger partial charge in [0.2, 0.25) is 41.1 Å². The van der Waals surface area contributed by atoms with E-state index in [2.05, 4.69) is 20.9 Å². The van der Waals surface area contributed by atoms with E-state index in [9.17, 15) is 96.8 Å². The third-order valence-corrected chi connectivity index (χ3v) is 18.7. The number of aryl methyl sites for hydroxylation is 1. The monoisotopic (exact) mass is 1820 g/mol. The summed E-state index contributed by atoms with van der Waals surface area (Å²) in [5.41, 5.74) is 38.8. The Labute approximate surface area is 756 Å². The molecule has 0 aliphatic rings. The summed E-state index contributed by atoms with van der Waals surface area (Å²) in [5.74, 6) is -4.94. The van der Waals surface area contributed by atoms with E-state index in [1.807, 2.05) is 54.6 Å². The van der Waals surface area contributed by atoms with Crippen molar-refractivity contribution in [2.24, 2.45) is 17.2 Å². The molecule has 0 saturated heterocycles. The lowest BCUT2D eigenvalue weighted by atomic mass is 10.1. The quantitative estimate of drug-likeness (QED) is 0.0105. The first-order valence-electron chi connectivity index (χ1n) is 39.1. The van der Waals surface area contributed by atoms with Gasteiger partial charge in [-0.3, -0.25) is 83.6 Å². The summed E-state index contributed by atoms with van der Waals surface area (Å²) in [6.07, 6.45) is 0.475. The number of nitrogens with zero attached hydrogens (tertiary/aromatic N) is 10. The molecule has 12 aromatic carbocycles. The molecule has 15 N–H and O–H groups in total. The molecule has 680 valence electrons. The number of imidazole rings is 1. The number of nitro groups is 4. The van der Waals surface area contributed by atoms with Crippen molar-refractivity contribution >= 4 is 155 Å². The lowest BCUT2D eigenvalue weighted by Gasteiger charge is -2.19. The van der Waals surface area contributed by atoms with Gasteiger partial charge in [-0.1, -0.05) is 121 Å². The van der Waals surface area contributed by atoms with Crippen LogP contribution in [-0.2, 0) is 20.9 Å². The average Bonchev–Trinajstić information content (AvgIpc) is 1.16. The number of nitrogens with two attached hydrogens (primary N) is 6. The second-order valence-corrected chi connectivity index (χ2v) is 28.0. The maximum absolute atomic E-state index is 13.3. The molecule has 0 aliphatic carbocycles. The van der Waals surface area contributed by atoms with Crippen molar-refractivity contribution in [3.05, 3.63) is 382 Å². The van der Waals surface area contributed by atoms with E-state index >= 15 is 0 Å². The van der Waals surface area contributed by atoms with Crippen LogP contribution in [0.15, 0.2) is 291 Å². The van der Waals surface area contributed by atoms with Gasteiger partial charge >= 0.3 is 17.1 Å². The van der Waals surface area contributed by atoms with Crippen LogP contribution in [0.4, 0.5) is 93.1 Å². The van der Waals surface area contributed by atoms with Gasteiger partial charge in [0.25, 0.3) is 40.5 Å². The minimum atomic E-state index is -0.942. The molecule has 8 amide bonds. The number of fused-ring (bicyclic) bond motifs is 1. The number of nitrogens with one attached hydrogen (secondary N) is 3. The van der Waals surface area contributed by atoms with Gasteiger partial charge in [0.1, 0.15) is 5.69 Å². The van der Waals surface area contributed by atoms with Crippen LogP contribution in [0.3, 0.4) is 0 Å². The fourth-order valence-corrected chi connectivity index (χ4v) is 11.7. The summed E-state index contributed by atoms with van der Waals surface area (Å²) >= 11 is 5.16. The highest BCUT2D eigenvalue weighted by Gasteiger charge is 2.25. The van der Waals surface area contributed by atoms with E-state index in [1.54, 1.807) is 205 Å². The molecule has 0 spiro atoms. The molecule has 1 aromatic heterocycles. The van der Waals surface area contributed by atoms with E-state index in [0.29, 0.717) is 86.4 Å². The maximum atomic E-state index is 13.3. The molecule has 0 bridgehead atoms. The Morgan fingerprint density at radius 2 is 0.705 bits per heavy atom. The van der Waals surface area contributed by atoms with Crippen LogP contribution in [0.25, 0.3) is 11.0 Å².